The van der Waals surface area contributed by atoms with Crippen LogP contribution in [0.4, 0.5) is 5.13 Å². The lowest BCUT2D eigenvalue weighted by atomic mass is 10.1. The Labute approximate surface area is 185 Å². The highest BCUT2D eigenvalue weighted by Crippen LogP contribution is 2.31. The zero-order chi connectivity index (χ0) is 22.0. The quantitative estimate of drug-likeness (QED) is 0.401. The number of carbonyl (C=O) groups excluding carboxylic acids is 1. The van der Waals surface area contributed by atoms with Gasteiger partial charge in [-0.25, -0.2) is 4.98 Å². The number of methoxy groups -OCH3 is 1. The summed E-state index contributed by atoms with van der Waals surface area (Å²) in [4.78, 5) is 17.8. The highest BCUT2D eigenvalue weighted by atomic mass is 32.1. The molecule has 1 N–H and O–H groups in total. The second kappa shape index (κ2) is 8.81. The Kier molecular flexibility index (Phi) is 5.95. The Morgan fingerprint density at radius 1 is 1.13 bits per heavy atom. The van der Waals surface area contributed by atoms with E-state index in [1.807, 2.05) is 73.2 Å². The maximum atomic E-state index is 13.2. The third-order valence-corrected chi connectivity index (χ3v) is 6.00. The first-order valence-corrected chi connectivity index (χ1v) is 11.1. The summed E-state index contributed by atoms with van der Waals surface area (Å²) in [5, 5.41) is 6.51. The van der Waals surface area contributed by atoms with Crippen LogP contribution in [0, 0.1) is 6.92 Å². The van der Waals surface area contributed by atoms with Crippen molar-refractivity contribution in [3.05, 3.63) is 59.1 Å². The van der Waals surface area contributed by atoms with Gasteiger partial charge in [-0.1, -0.05) is 0 Å². The zero-order valence-electron chi connectivity index (χ0n) is 18.1. The molecule has 2 heterocycles. The van der Waals surface area contributed by atoms with Gasteiger partial charge in [-0.3, -0.25) is 10.1 Å². The first kappa shape index (κ1) is 20.9. The predicted molar refractivity (Wildman–Crippen MR) is 126 cm³/mol. The number of thiazole rings is 1. The molecule has 0 bridgehead atoms. The molecule has 2 aromatic heterocycles. The fraction of sp³-hybridized carbons (Fsp3) is 0.250. The Balaban J connectivity index is 1.62. The van der Waals surface area contributed by atoms with E-state index in [0.717, 1.165) is 39.2 Å². The number of anilines is 1. The summed E-state index contributed by atoms with van der Waals surface area (Å²) in [5.41, 5.74) is 4.39. The number of hydrogen-bond donors (Lipinski definition) is 1. The van der Waals surface area contributed by atoms with Crippen LogP contribution in [0.1, 0.15) is 29.9 Å². The second-order valence-electron chi connectivity index (χ2n) is 7.05. The average Bonchev–Trinajstić information content (AvgIpc) is 3.36. The molecule has 160 valence electrons. The lowest BCUT2D eigenvalue weighted by Crippen LogP contribution is -2.17. The molecule has 0 saturated heterocycles. The first-order chi connectivity index (χ1) is 15.0. The third kappa shape index (κ3) is 4.01. The number of amides is 1. The average molecular weight is 436 g/mol. The van der Waals surface area contributed by atoms with Crippen LogP contribution in [-0.2, 0) is 6.54 Å². The van der Waals surface area contributed by atoms with Gasteiger partial charge >= 0.3 is 0 Å². The summed E-state index contributed by atoms with van der Waals surface area (Å²) >= 11 is 1.41. The van der Waals surface area contributed by atoms with Crippen molar-refractivity contribution < 1.29 is 14.3 Å². The van der Waals surface area contributed by atoms with Crippen LogP contribution in [0.5, 0.6) is 11.5 Å². The van der Waals surface area contributed by atoms with Gasteiger partial charge < -0.3 is 14.0 Å². The van der Waals surface area contributed by atoms with Crippen molar-refractivity contribution in [2.24, 2.45) is 0 Å². The molecule has 0 fully saturated rings. The standard InChI is InChI=1S/C24H25N3O3S/c1-5-27-21-12-11-18(30-6-2)13-19(21)15(3)22(27)23(28)26-24-25-20(14-31-24)16-7-9-17(29-4)10-8-16/h7-14H,5-6H2,1-4H3,(H,25,26,28). The first-order valence-electron chi connectivity index (χ1n) is 10.2. The van der Waals surface area contributed by atoms with Crippen LogP contribution in [0.15, 0.2) is 47.8 Å². The SMILES string of the molecule is CCOc1ccc2c(c1)c(C)c(C(=O)Nc1nc(-c3ccc(OC)cc3)cs1)n2CC. The van der Waals surface area contributed by atoms with E-state index in [4.69, 9.17) is 9.47 Å². The van der Waals surface area contributed by atoms with Crippen LogP contribution < -0.4 is 14.8 Å². The molecule has 0 saturated carbocycles. The normalized spacial score (nSPS) is 11.0. The van der Waals surface area contributed by atoms with Gasteiger partial charge in [0.2, 0.25) is 0 Å². The summed E-state index contributed by atoms with van der Waals surface area (Å²) < 4.78 is 12.9. The molecule has 0 spiro atoms. The number of hydrogen-bond acceptors (Lipinski definition) is 5. The molecule has 31 heavy (non-hydrogen) atoms. The molecule has 7 heteroatoms. The van der Waals surface area contributed by atoms with Crippen molar-refractivity contribution in [1.82, 2.24) is 9.55 Å². The van der Waals surface area contributed by atoms with E-state index in [1.54, 1.807) is 7.11 Å². The van der Waals surface area contributed by atoms with Crippen molar-refractivity contribution in [3.63, 3.8) is 0 Å². The number of ether oxygens (including phenoxy) is 2. The number of benzene rings is 2. The number of fused-ring (bicyclic) bond motifs is 1. The summed E-state index contributed by atoms with van der Waals surface area (Å²) in [7, 11) is 1.64. The molecule has 0 aliphatic heterocycles. The lowest BCUT2D eigenvalue weighted by molar-refractivity contribution is 0.101. The fourth-order valence-corrected chi connectivity index (χ4v) is 4.48. The van der Waals surface area contributed by atoms with Crippen molar-refractivity contribution in [2.75, 3.05) is 19.0 Å². The molecule has 6 nitrogen and oxygen atoms in total. The number of aryl methyl sites for hydroxylation is 2. The highest BCUT2D eigenvalue weighted by molar-refractivity contribution is 7.14. The maximum absolute atomic E-state index is 13.2. The summed E-state index contributed by atoms with van der Waals surface area (Å²) in [6.07, 6.45) is 0. The largest absolute Gasteiger partial charge is 0.497 e. The molecule has 0 aliphatic rings. The van der Waals surface area contributed by atoms with Gasteiger partial charge in [0.15, 0.2) is 5.13 Å². The molecule has 0 atom stereocenters. The van der Waals surface area contributed by atoms with Gasteiger partial charge in [-0.2, -0.15) is 0 Å². The Hall–Kier alpha value is -3.32. The fourth-order valence-electron chi connectivity index (χ4n) is 3.76. The number of carbonyl (C=O) groups is 1. The van der Waals surface area contributed by atoms with E-state index in [-0.39, 0.29) is 5.91 Å². The van der Waals surface area contributed by atoms with Crippen molar-refractivity contribution in [2.45, 2.75) is 27.3 Å². The van der Waals surface area contributed by atoms with Crippen LogP contribution in [-0.4, -0.2) is 29.2 Å². The lowest BCUT2D eigenvalue weighted by Gasteiger charge is -2.08. The van der Waals surface area contributed by atoms with Crippen molar-refractivity contribution in [1.29, 1.82) is 0 Å². The molecule has 4 rings (SSSR count). The second-order valence-corrected chi connectivity index (χ2v) is 7.91. The van der Waals surface area contributed by atoms with Gasteiger partial charge in [0, 0.05) is 28.4 Å². The van der Waals surface area contributed by atoms with Gasteiger partial charge in [-0.15, -0.1) is 11.3 Å². The smallest absolute Gasteiger partial charge is 0.274 e. The number of nitrogens with zero attached hydrogens (tertiary/aromatic N) is 2. The summed E-state index contributed by atoms with van der Waals surface area (Å²) in [5.74, 6) is 1.44. The van der Waals surface area contributed by atoms with E-state index in [1.165, 1.54) is 11.3 Å². The molecular weight excluding hydrogens is 410 g/mol. The minimum Gasteiger partial charge on any atom is -0.497 e. The molecule has 0 aliphatic carbocycles. The summed E-state index contributed by atoms with van der Waals surface area (Å²) in [6, 6.07) is 13.7. The van der Waals surface area contributed by atoms with Crippen molar-refractivity contribution >= 4 is 33.3 Å². The van der Waals surface area contributed by atoms with E-state index in [2.05, 4.69) is 10.3 Å². The van der Waals surface area contributed by atoms with E-state index in [9.17, 15) is 4.79 Å². The summed E-state index contributed by atoms with van der Waals surface area (Å²) in [6.45, 7) is 7.27. The predicted octanol–water partition coefficient (Wildman–Crippen LogP) is 5.75. The molecule has 2 aromatic carbocycles. The third-order valence-electron chi connectivity index (χ3n) is 5.24. The van der Waals surface area contributed by atoms with Gasteiger partial charge in [0.1, 0.15) is 17.2 Å². The Morgan fingerprint density at radius 3 is 2.55 bits per heavy atom. The highest BCUT2D eigenvalue weighted by Gasteiger charge is 2.21. The van der Waals surface area contributed by atoms with E-state index in [0.29, 0.717) is 24.0 Å². The molecule has 0 unspecified atom stereocenters. The topological polar surface area (TPSA) is 65.4 Å². The van der Waals surface area contributed by atoms with E-state index >= 15 is 0 Å². The van der Waals surface area contributed by atoms with Crippen LogP contribution >= 0.6 is 11.3 Å². The number of nitrogens with one attached hydrogen (secondary N) is 1. The molecule has 0 radical (unpaired) electrons. The molecule has 1 amide bonds. The van der Waals surface area contributed by atoms with Crippen LogP contribution in [0.25, 0.3) is 22.2 Å². The van der Waals surface area contributed by atoms with Crippen LogP contribution in [0.2, 0.25) is 0 Å². The van der Waals surface area contributed by atoms with Crippen molar-refractivity contribution in [3.8, 4) is 22.8 Å². The monoisotopic (exact) mass is 435 g/mol. The zero-order valence-corrected chi connectivity index (χ0v) is 18.9. The Morgan fingerprint density at radius 2 is 1.87 bits per heavy atom. The van der Waals surface area contributed by atoms with Gasteiger partial charge in [-0.05, 0) is 68.8 Å². The minimum absolute atomic E-state index is 0.163. The van der Waals surface area contributed by atoms with E-state index < -0.39 is 0 Å². The minimum atomic E-state index is -0.163. The molecule has 4 aromatic rings. The maximum Gasteiger partial charge on any atom is 0.274 e. The molecular formula is C24H25N3O3S. The van der Waals surface area contributed by atoms with Gasteiger partial charge in [0.05, 0.1) is 19.4 Å². The van der Waals surface area contributed by atoms with Gasteiger partial charge in [0.25, 0.3) is 5.91 Å². The van der Waals surface area contributed by atoms with Crippen LogP contribution in [0.3, 0.4) is 0 Å². The Bertz CT molecular complexity index is 1230. The number of rotatable bonds is 7. The number of aromatic nitrogens is 2.